The Bertz CT molecular complexity index is 1540. The number of amides is 1. The first kappa shape index (κ1) is 24.0. The largest absolute Gasteiger partial charge is 0.481 e. The van der Waals surface area contributed by atoms with Crippen molar-refractivity contribution in [1.29, 1.82) is 0 Å². The molecular weight excluding hydrogens is 478 g/mol. The Morgan fingerprint density at radius 3 is 2.39 bits per heavy atom. The number of fused-ring (bicyclic) bond motifs is 3. The van der Waals surface area contributed by atoms with Gasteiger partial charge >= 0.3 is 12.1 Å². The average Bonchev–Trinajstić information content (AvgIpc) is 3.69. The molecule has 1 heterocycles. The van der Waals surface area contributed by atoms with Crippen molar-refractivity contribution in [3.63, 3.8) is 0 Å². The van der Waals surface area contributed by atoms with Crippen molar-refractivity contribution < 1.29 is 19.4 Å². The van der Waals surface area contributed by atoms with Gasteiger partial charge in [-0.15, -0.1) is 0 Å². The number of rotatable bonds is 6. The standard InChI is InChI=1S/C31H29N3O4/c1-19(20-6-4-3-5-7-20)38-30(37)32-28-27-25-14-10-22(18-23(25)11-15-26(27)33-34(28)2)21-8-12-24(13-9-21)31(16-17-31)29(35)36/h3-10,12-14,18-19H,11,15-17H2,1-2H3,(H,32,37)(H,35,36). The molecule has 1 aromatic heterocycles. The Hall–Kier alpha value is -4.39. The number of carbonyl (C=O) groups excluding carboxylic acids is 1. The van der Waals surface area contributed by atoms with Gasteiger partial charge in [-0.2, -0.15) is 5.10 Å². The van der Waals surface area contributed by atoms with Gasteiger partial charge in [0.15, 0.2) is 0 Å². The molecule has 6 rings (SSSR count). The molecule has 1 fully saturated rings. The lowest BCUT2D eigenvalue weighted by Gasteiger charge is -2.19. The molecule has 2 aliphatic carbocycles. The second kappa shape index (κ2) is 9.17. The Morgan fingerprint density at radius 1 is 1.00 bits per heavy atom. The topological polar surface area (TPSA) is 93.5 Å². The van der Waals surface area contributed by atoms with Gasteiger partial charge < -0.3 is 9.84 Å². The van der Waals surface area contributed by atoms with Crippen molar-refractivity contribution in [2.45, 2.75) is 44.1 Å². The lowest BCUT2D eigenvalue weighted by atomic mass is 9.86. The van der Waals surface area contributed by atoms with Crippen molar-refractivity contribution in [2.24, 2.45) is 7.05 Å². The highest BCUT2D eigenvalue weighted by molar-refractivity contribution is 5.93. The summed E-state index contributed by atoms with van der Waals surface area (Å²) in [6.45, 7) is 1.85. The molecular formula is C31H29N3O4. The number of hydrogen-bond acceptors (Lipinski definition) is 4. The summed E-state index contributed by atoms with van der Waals surface area (Å²) < 4.78 is 7.35. The molecule has 2 N–H and O–H groups in total. The van der Waals surface area contributed by atoms with Gasteiger partial charge in [-0.1, -0.05) is 72.8 Å². The van der Waals surface area contributed by atoms with Crippen molar-refractivity contribution in [1.82, 2.24) is 9.78 Å². The smallest absolute Gasteiger partial charge is 0.413 e. The molecule has 7 nitrogen and oxygen atoms in total. The lowest BCUT2D eigenvalue weighted by Crippen LogP contribution is -2.19. The number of ether oxygens (including phenoxy) is 1. The van der Waals surface area contributed by atoms with Gasteiger partial charge in [0.05, 0.1) is 11.1 Å². The molecule has 1 atom stereocenters. The number of anilines is 1. The second-order valence-electron chi connectivity index (χ2n) is 10.2. The van der Waals surface area contributed by atoms with E-state index in [-0.39, 0.29) is 6.10 Å². The van der Waals surface area contributed by atoms with E-state index in [0.717, 1.165) is 51.9 Å². The molecule has 2 aliphatic rings. The third-order valence-electron chi connectivity index (χ3n) is 7.83. The normalized spacial score (nSPS) is 15.6. The number of nitrogens with one attached hydrogen (secondary N) is 1. The molecule has 0 bridgehead atoms. The van der Waals surface area contributed by atoms with Crippen LogP contribution in [0.4, 0.5) is 10.6 Å². The Morgan fingerprint density at radius 2 is 1.71 bits per heavy atom. The number of nitrogens with zero attached hydrogens (tertiary/aromatic N) is 2. The fourth-order valence-corrected chi connectivity index (χ4v) is 5.47. The van der Waals surface area contributed by atoms with E-state index in [0.29, 0.717) is 18.7 Å². The summed E-state index contributed by atoms with van der Waals surface area (Å²) in [4.78, 5) is 24.5. The van der Waals surface area contributed by atoms with Gasteiger partial charge in [-0.25, -0.2) is 4.79 Å². The number of hydrogen-bond donors (Lipinski definition) is 2. The first-order valence-corrected chi connectivity index (χ1v) is 12.9. The fraction of sp³-hybridized carbons (Fsp3) is 0.258. The van der Waals surface area contributed by atoms with Gasteiger partial charge in [0.2, 0.25) is 0 Å². The van der Waals surface area contributed by atoms with Gasteiger partial charge in [0.1, 0.15) is 11.9 Å². The van der Waals surface area contributed by atoms with Crippen LogP contribution in [-0.2, 0) is 34.8 Å². The highest BCUT2D eigenvalue weighted by Gasteiger charge is 2.51. The van der Waals surface area contributed by atoms with E-state index in [1.807, 2.05) is 68.6 Å². The van der Waals surface area contributed by atoms with Crippen molar-refractivity contribution in [2.75, 3.05) is 5.32 Å². The van der Waals surface area contributed by atoms with Crippen LogP contribution in [0.1, 0.15) is 48.3 Å². The molecule has 1 saturated carbocycles. The Labute approximate surface area is 221 Å². The molecule has 1 amide bonds. The first-order valence-electron chi connectivity index (χ1n) is 12.9. The summed E-state index contributed by atoms with van der Waals surface area (Å²) in [7, 11) is 1.83. The zero-order chi connectivity index (χ0) is 26.4. The fourth-order valence-electron chi connectivity index (χ4n) is 5.47. The molecule has 4 aromatic rings. The van der Waals surface area contributed by atoms with Gasteiger partial charge in [-0.3, -0.25) is 14.8 Å². The minimum Gasteiger partial charge on any atom is -0.481 e. The quantitative estimate of drug-likeness (QED) is 0.320. The minimum atomic E-state index is -0.742. The summed E-state index contributed by atoms with van der Waals surface area (Å²) in [5.41, 5.74) is 7.34. The SMILES string of the molecule is CC(OC(=O)Nc1c2c(nn1C)CCc1cc(-c3ccc(C4(C(=O)O)CC4)cc3)ccc1-2)c1ccccc1. The van der Waals surface area contributed by atoms with Crippen LogP contribution in [0.25, 0.3) is 22.3 Å². The van der Waals surface area contributed by atoms with E-state index in [1.165, 1.54) is 5.56 Å². The van der Waals surface area contributed by atoms with Crippen LogP contribution in [0.2, 0.25) is 0 Å². The van der Waals surface area contributed by atoms with Crippen LogP contribution in [0.3, 0.4) is 0 Å². The number of aliphatic carboxylic acids is 1. The van der Waals surface area contributed by atoms with Crippen LogP contribution in [0, 0.1) is 0 Å². The number of carbonyl (C=O) groups is 2. The minimum absolute atomic E-state index is 0.383. The third-order valence-corrected chi connectivity index (χ3v) is 7.83. The maximum absolute atomic E-state index is 12.8. The first-order chi connectivity index (χ1) is 18.4. The molecule has 7 heteroatoms. The van der Waals surface area contributed by atoms with E-state index in [4.69, 9.17) is 4.74 Å². The Kier molecular flexibility index (Phi) is 5.79. The predicted octanol–water partition coefficient (Wildman–Crippen LogP) is 6.28. The Balaban J connectivity index is 1.25. The van der Waals surface area contributed by atoms with E-state index < -0.39 is 17.5 Å². The molecule has 1 unspecified atom stereocenters. The van der Waals surface area contributed by atoms with E-state index in [9.17, 15) is 14.7 Å². The maximum atomic E-state index is 12.8. The average molecular weight is 508 g/mol. The zero-order valence-corrected chi connectivity index (χ0v) is 21.4. The highest BCUT2D eigenvalue weighted by atomic mass is 16.6. The second-order valence-corrected chi connectivity index (χ2v) is 10.2. The molecule has 0 spiro atoms. The van der Waals surface area contributed by atoms with Crippen molar-refractivity contribution in [3.8, 4) is 22.3 Å². The van der Waals surface area contributed by atoms with Gasteiger partial charge in [0, 0.05) is 12.6 Å². The van der Waals surface area contributed by atoms with Gasteiger partial charge in [0.25, 0.3) is 0 Å². The number of benzene rings is 3. The van der Waals surface area contributed by atoms with E-state index >= 15 is 0 Å². The molecule has 0 saturated heterocycles. The summed E-state index contributed by atoms with van der Waals surface area (Å²) in [6, 6.07) is 23.9. The summed E-state index contributed by atoms with van der Waals surface area (Å²) in [5.74, 6) is -0.124. The predicted molar refractivity (Wildman–Crippen MR) is 145 cm³/mol. The van der Waals surface area contributed by atoms with Crippen molar-refractivity contribution in [3.05, 3.63) is 95.2 Å². The molecule has 0 radical (unpaired) electrons. The zero-order valence-electron chi connectivity index (χ0n) is 21.4. The summed E-state index contributed by atoms with van der Waals surface area (Å²) in [6.07, 6.45) is 2.11. The monoisotopic (exact) mass is 507 g/mol. The number of carboxylic acid groups (broad SMARTS) is 1. The number of aryl methyl sites for hydroxylation is 3. The molecule has 0 aliphatic heterocycles. The number of carboxylic acids is 1. The lowest BCUT2D eigenvalue weighted by molar-refractivity contribution is -0.140. The van der Waals surface area contributed by atoms with E-state index in [2.05, 4.69) is 28.6 Å². The molecule has 38 heavy (non-hydrogen) atoms. The van der Waals surface area contributed by atoms with Crippen LogP contribution in [0.5, 0.6) is 0 Å². The summed E-state index contributed by atoms with van der Waals surface area (Å²) >= 11 is 0. The number of aromatic nitrogens is 2. The van der Waals surface area contributed by atoms with Crippen LogP contribution >= 0.6 is 0 Å². The highest BCUT2D eigenvalue weighted by Crippen LogP contribution is 2.48. The van der Waals surface area contributed by atoms with Crippen LogP contribution < -0.4 is 5.32 Å². The molecule has 192 valence electrons. The van der Waals surface area contributed by atoms with Crippen molar-refractivity contribution >= 4 is 17.9 Å². The van der Waals surface area contributed by atoms with Crippen LogP contribution in [0.15, 0.2) is 72.8 Å². The van der Waals surface area contributed by atoms with Gasteiger partial charge in [-0.05, 0) is 66.0 Å². The van der Waals surface area contributed by atoms with E-state index in [1.54, 1.807) is 4.68 Å². The third kappa shape index (κ3) is 4.14. The molecule has 3 aromatic carbocycles. The summed E-state index contributed by atoms with van der Waals surface area (Å²) in [5, 5.41) is 17.2. The maximum Gasteiger partial charge on any atom is 0.413 e. The van der Waals surface area contributed by atoms with Crippen LogP contribution in [-0.4, -0.2) is 26.9 Å².